The average molecular weight is 656 g/mol. The van der Waals surface area contributed by atoms with Gasteiger partial charge >= 0.3 is 6.09 Å². The lowest BCUT2D eigenvalue weighted by Gasteiger charge is -2.40. The Labute approximate surface area is 285 Å². The number of H-pyrrole nitrogens is 2. The van der Waals surface area contributed by atoms with Crippen LogP contribution in [0.4, 0.5) is 4.79 Å². The highest BCUT2D eigenvalue weighted by atomic mass is 16.5. The maximum Gasteiger partial charge on any atom is 0.424 e. The van der Waals surface area contributed by atoms with Gasteiger partial charge in [0.15, 0.2) is 0 Å². The molecule has 2 saturated carbocycles. The number of hydrogen-bond donors (Lipinski definition) is 3. The summed E-state index contributed by atoms with van der Waals surface area (Å²) in [5.74, 6) is 3.09. The van der Waals surface area contributed by atoms with Crippen molar-refractivity contribution < 1.29 is 14.3 Å². The summed E-state index contributed by atoms with van der Waals surface area (Å²) in [6.45, 7) is 3.89. The highest BCUT2D eigenvalue weighted by Crippen LogP contribution is 2.54. The summed E-state index contributed by atoms with van der Waals surface area (Å²) in [7, 11) is 1.36. The number of aromatic nitrogens is 4. The van der Waals surface area contributed by atoms with Gasteiger partial charge in [0.2, 0.25) is 0 Å². The minimum atomic E-state index is -0.609. The molecule has 4 heterocycles. The van der Waals surface area contributed by atoms with Crippen LogP contribution in [-0.4, -0.2) is 67.6 Å². The van der Waals surface area contributed by atoms with E-state index in [1.54, 1.807) is 0 Å². The predicted octanol–water partition coefficient (Wildman–Crippen LogP) is 7.05. The van der Waals surface area contributed by atoms with Crippen molar-refractivity contribution in [3.63, 3.8) is 0 Å². The van der Waals surface area contributed by atoms with Gasteiger partial charge in [-0.25, -0.2) is 24.8 Å². The first-order chi connectivity index (χ1) is 23.9. The number of nitrogens with zero attached hydrogens (tertiary/aromatic N) is 4. The fraction of sp³-hybridized carbons (Fsp3) is 0.385. The van der Waals surface area contributed by atoms with E-state index in [0.29, 0.717) is 18.0 Å². The first-order valence-corrected chi connectivity index (χ1v) is 17.5. The molecule has 9 rings (SSSR count). The van der Waals surface area contributed by atoms with Crippen molar-refractivity contribution in [2.45, 2.75) is 69.7 Å². The van der Waals surface area contributed by atoms with Crippen molar-refractivity contribution in [2.75, 3.05) is 7.11 Å². The van der Waals surface area contributed by atoms with E-state index >= 15 is 0 Å². The molecule has 3 aromatic carbocycles. The summed E-state index contributed by atoms with van der Waals surface area (Å²) < 4.78 is 5.15. The number of carbonyl (C=O) groups excluding carboxylic acids is 2. The molecular formula is C39H41N7O3. The number of fused-ring (bicyclic) bond motifs is 3. The van der Waals surface area contributed by atoms with Crippen LogP contribution in [0.3, 0.4) is 0 Å². The third-order valence-electron chi connectivity index (χ3n) is 11.2. The molecule has 2 aliphatic heterocycles. The molecule has 0 spiro atoms. The number of benzene rings is 3. The van der Waals surface area contributed by atoms with Crippen molar-refractivity contribution in [1.82, 2.24) is 35.3 Å². The smallest absolute Gasteiger partial charge is 0.424 e. The summed E-state index contributed by atoms with van der Waals surface area (Å²) in [5, 5.41) is 9.64. The molecule has 4 aliphatic rings. The Morgan fingerprint density at radius 3 is 2.18 bits per heavy atom. The Balaban J connectivity index is 0.919. The molecule has 3 N–H and O–H groups in total. The lowest BCUT2D eigenvalue weighted by Crippen LogP contribution is -2.55. The van der Waals surface area contributed by atoms with Crippen LogP contribution in [0.25, 0.3) is 44.4 Å². The number of aldehydes is 1. The van der Waals surface area contributed by atoms with Crippen LogP contribution in [0.1, 0.15) is 63.3 Å². The highest BCUT2D eigenvalue weighted by molar-refractivity contribution is 5.90. The van der Waals surface area contributed by atoms with Gasteiger partial charge in [-0.15, -0.1) is 0 Å². The molecule has 49 heavy (non-hydrogen) atoms. The van der Waals surface area contributed by atoms with Gasteiger partial charge in [-0.2, -0.15) is 0 Å². The molecule has 7 atom stereocenters. The number of piperidine rings is 2. The van der Waals surface area contributed by atoms with Crippen LogP contribution in [0.2, 0.25) is 0 Å². The van der Waals surface area contributed by atoms with Crippen LogP contribution in [0.15, 0.2) is 73.1 Å². The molecule has 2 saturated heterocycles. The normalized spacial score (nSPS) is 26.0. The Hall–Kier alpha value is -4.80. The van der Waals surface area contributed by atoms with Crippen molar-refractivity contribution in [3.8, 4) is 33.6 Å². The van der Waals surface area contributed by atoms with E-state index in [-0.39, 0.29) is 18.0 Å². The number of hydrazine groups is 1. The predicted molar refractivity (Wildman–Crippen MR) is 187 cm³/mol. The lowest BCUT2D eigenvalue weighted by molar-refractivity contribution is -0.126. The minimum absolute atomic E-state index is 0.0550. The number of nitrogens with one attached hydrogen (secondary N) is 3. The summed E-state index contributed by atoms with van der Waals surface area (Å²) in [6, 6.07) is 22.2. The molecule has 2 aliphatic carbocycles. The first-order valence-electron chi connectivity index (χ1n) is 17.5. The molecule has 10 heteroatoms. The Morgan fingerprint density at radius 2 is 1.49 bits per heavy atom. The summed E-state index contributed by atoms with van der Waals surface area (Å²) >= 11 is 0. The topological polar surface area (TPSA) is 119 Å². The number of hydrogen-bond acceptors (Lipinski definition) is 7. The molecule has 2 aromatic heterocycles. The third kappa shape index (κ3) is 5.34. The van der Waals surface area contributed by atoms with Gasteiger partial charge in [0.25, 0.3) is 0 Å². The fourth-order valence-electron chi connectivity index (χ4n) is 8.22. The number of ether oxygens (including phenoxy) is 1. The number of rotatable bonds is 9. The van der Waals surface area contributed by atoms with Crippen molar-refractivity contribution in [3.05, 3.63) is 84.7 Å². The molecular weight excluding hydrogens is 614 g/mol. The van der Waals surface area contributed by atoms with Crippen LogP contribution in [0, 0.1) is 17.8 Å². The van der Waals surface area contributed by atoms with Gasteiger partial charge in [-0.1, -0.05) is 62.4 Å². The van der Waals surface area contributed by atoms with E-state index in [1.165, 1.54) is 35.7 Å². The number of amides is 1. The van der Waals surface area contributed by atoms with E-state index in [1.807, 2.05) is 31.3 Å². The van der Waals surface area contributed by atoms with Crippen LogP contribution < -0.4 is 5.32 Å². The fourth-order valence-corrected chi connectivity index (χ4v) is 8.22. The number of carbonyl (C=O) groups is 2. The lowest BCUT2D eigenvalue weighted by atomic mass is 9.98. The first kappa shape index (κ1) is 30.3. The zero-order chi connectivity index (χ0) is 33.4. The molecule has 0 radical (unpaired) electrons. The molecule has 4 fully saturated rings. The Bertz CT molecular complexity index is 2040. The average Bonchev–Trinajstić information content (AvgIpc) is 3.69. The molecule has 250 valence electrons. The summed E-state index contributed by atoms with van der Waals surface area (Å²) in [6.07, 6.45) is 8.53. The minimum Gasteiger partial charge on any atom is -0.452 e. The molecule has 0 unspecified atom stereocenters. The van der Waals surface area contributed by atoms with E-state index < -0.39 is 12.1 Å². The zero-order valence-corrected chi connectivity index (χ0v) is 28.0. The van der Waals surface area contributed by atoms with Crippen molar-refractivity contribution in [2.24, 2.45) is 17.8 Å². The second-order valence-corrected chi connectivity index (χ2v) is 14.7. The molecule has 10 nitrogen and oxygen atoms in total. The maximum atomic E-state index is 13.0. The second kappa shape index (κ2) is 11.7. The van der Waals surface area contributed by atoms with Gasteiger partial charge in [0, 0.05) is 17.6 Å². The summed E-state index contributed by atoms with van der Waals surface area (Å²) in [5.41, 5.74) is 6.44. The molecule has 5 aromatic rings. The third-order valence-corrected chi connectivity index (χ3v) is 11.2. The van der Waals surface area contributed by atoms with E-state index in [4.69, 9.17) is 14.7 Å². The van der Waals surface area contributed by atoms with E-state index in [0.717, 1.165) is 70.3 Å². The Kier molecular flexibility index (Phi) is 7.21. The summed E-state index contributed by atoms with van der Waals surface area (Å²) in [4.78, 5) is 41.7. The van der Waals surface area contributed by atoms with Gasteiger partial charge in [0.05, 0.1) is 43.0 Å². The monoisotopic (exact) mass is 655 g/mol. The maximum absolute atomic E-state index is 13.0. The zero-order valence-electron chi connectivity index (χ0n) is 28.0. The van der Waals surface area contributed by atoms with Crippen molar-refractivity contribution >= 4 is 23.2 Å². The van der Waals surface area contributed by atoms with Gasteiger partial charge in [0.1, 0.15) is 24.0 Å². The van der Waals surface area contributed by atoms with Gasteiger partial charge in [-0.05, 0) is 83.0 Å². The second-order valence-electron chi connectivity index (χ2n) is 14.7. The van der Waals surface area contributed by atoms with E-state index in [2.05, 4.69) is 75.9 Å². The molecule has 0 bridgehead atoms. The number of aromatic amines is 2. The largest absolute Gasteiger partial charge is 0.452 e. The van der Waals surface area contributed by atoms with Crippen LogP contribution >= 0.6 is 0 Å². The molecule has 1 amide bonds. The highest BCUT2D eigenvalue weighted by Gasteiger charge is 2.57. The number of imidazole rings is 2. The van der Waals surface area contributed by atoms with Gasteiger partial charge in [-0.3, -0.25) is 0 Å². The standard InChI is InChI=1S/C39H41N7O3/c1-21(2)36(20-47)46(39(48)49-3)45-34-16-29(34)17-35(45)38-41-18-32(44-38)23-6-4-22(5-7-23)24-8-9-26-13-27(11-10-25(26)12-24)33-19-40-37(43-33)31-15-28-14-30(28)42-31/h4-13,18-21,28-31,34-36,42H,14-17H2,1-3H3,(H,40,43)(H,41,44)/t28-,29-,30-,31+,34-,35+,36-/m1/s1. The van der Waals surface area contributed by atoms with Crippen LogP contribution in [-0.2, 0) is 9.53 Å². The van der Waals surface area contributed by atoms with E-state index in [9.17, 15) is 9.59 Å². The Morgan fingerprint density at radius 1 is 0.837 bits per heavy atom. The number of methoxy groups -OCH3 is 1. The van der Waals surface area contributed by atoms with Gasteiger partial charge < -0.3 is 24.8 Å². The quantitative estimate of drug-likeness (QED) is 0.146. The van der Waals surface area contributed by atoms with Crippen molar-refractivity contribution in [1.29, 1.82) is 0 Å². The SMILES string of the molecule is COC(=O)N([C@H](C=O)C(C)C)N1[C@@H]2C[C@@H]2C[C@H]1c1ncc(-c2ccc(-c3ccc4cc(-c5cnc([C@@H]6C[C@H]7C[C@H]7N6)[nH]5)ccc4c3)cc2)[nH]1. The van der Waals surface area contributed by atoms with Crippen LogP contribution in [0.5, 0.6) is 0 Å².